The lowest BCUT2D eigenvalue weighted by Crippen LogP contribution is -2.41. The minimum absolute atomic E-state index is 0.259. The number of nitrogens with zero attached hydrogens (tertiary/aromatic N) is 2. The number of hydrogen-bond acceptors (Lipinski definition) is 5. The fourth-order valence-electron chi connectivity index (χ4n) is 3.67. The van der Waals surface area contributed by atoms with Crippen molar-refractivity contribution in [2.24, 2.45) is 5.92 Å². The van der Waals surface area contributed by atoms with Gasteiger partial charge in [-0.3, -0.25) is 4.98 Å². The SMILES string of the molecule is COC(=O)/C=C(\CC1CCN(C(=O)OC(C)(C)C)CC1)c1cnc2ccccc2c1. The highest BCUT2D eigenvalue weighted by Crippen LogP contribution is 2.31. The number of likely N-dealkylation sites (tertiary alicyclic amines) is 1. The Morgan fingerprint density at radius 2 is 1.90 bits per heavy atom. The van der Waals surface area contributed by atoms with Crippen molar-refractivity contribution in [1.82, 2.24) is 9.88 Å². The predicted molar refractivity (Wildman–Crippen MR) is 117 cm³/mol. The van der Waals surface area contributed by atoms with Crippen LogP contribution in [0.2, 0.25) is 0 Å². The first-order chi connectivity index (χ1) is 14.2. The van der Waals surface area contributed by atoms with Crippen LogP contribution < -0.4 is 0 Å². The summed E-state index contributed by atoms with van der Waals surface area (Å²) in [5, 5.41) is 1.03. The molecule has 1 aromatic carbocycles. The Kier molecular flexibility index (Phi) is 6.75. The van der Waals surface area contributed by atoms with Gasteiger partial charge in [0.1, 0.15) is 5.60 Å². The number of carbonyl (C=O) groups excluding carboxylic acids is 2. The third-order valence-corrected chi connectivity index (χ3v) is 5.23. The van der Waals surface area contributed by atoms with Gasteiger partial charge in [-0.1, -0.05) is 18.2 Å². The lowest BCUT2D eigenvalue weighted by atomic mass is 9.87. The third-order valence-electron chi connectivity index (χ3n) is 5.23. The molecule has 6 nitrogen and oxygen atoms in total. The van der Waals surface area contributed by atoms with Gasteiger partial charge >= 0.3 is 12.1 Å². The van der Waals surface area contributed by atoms with Crippen LogP contribution in [0.1, 0.15) is 45.6 Å². The maximum Gasteiger partial charge on any atom is 0.410 e. The van der Waals surface area contributed by atoms with Gasteiger partial charge in [0.15, 0.2) is 0 Å². The summed E-state index contributed by atoms with van der Waals surface area (Å²) in [4.78, 5) is 30.6. The monoisotopic (exact) mass is 410 g/mol. The second-order valence-corrected chi connectivity index (χ2v) is 8.72. The molecule has 0 atom stereocenters. The molecule has 3 rings (SSSR count). The standard InChI is InChI=1S/C24H30N2O4/c1-24(2,3)30-23(28)26-11-9-17(10-12-26)13-19(15-22(27)29-4)20-14-18-7-5-6-8-21(18)25-16-20/h5-8,14-17H,9-13H2,1-4H3/b19-15+. The fraction of sp³-hybridized carbons (Fsp3) is 0.458. The summed E-state index contributed by atoms with van der Waals surface area (Å²) in [5.74, 6) is -0.00425. The number of amides is 1. The van der Waals surface area contributed by atoms with Crippen molar-refractivity contribution in [2.75, 3.05) is 20.2 Å². The van der Waals surface area contributed by atoms with E-state index >= 15 is 0 Å². The van der Waals surface area contributed by atoms with Gasteiger partial charge in [-0.15, -0.1) is 0 Å². The number of carbonyl (C=O) groups is 2. The van der Waals surface area contributed by atoms with Gasteiger partial charge < -0.3 is 14.4 Å². The van der Waals surface area contributed by atoms with E-state index in [1.165, 1.54) is 7.11 Å². The molecule has 30 heavy (non-hydrogen) atoms. The van der Waals surface area contributed by atoms with Gasteiger partial charge in [-0.25, -0.2) is 9.59 Å². The number of esters is 1. The van der Waals surface area contributed by atoms with E-state index in [0.717, 1.165) is 41.3 Å². The zero-order valence-electron chi connectivity index (χ0n) is 18.2. The van der Waals surface area contributed by atoms with Crippen LogP contribution in [0.4, 0.5) is 4.79 Å². The summed E-state index contributed by atoms with van der Waals surface area (Å²) in [6.45, 7) is 6.93. The maximum absolute atomic E-state index is 12.3. The summed E-state index contributed by atoms with van der Waals surface area (Å²) in [5.41, 5.74) is 2.27. The van der Waals surface area contributed by atoms with E-state index in [4.69, 9.17) is 9.47 Å². The summed E-state index contributed by atoms with van der Waals surface area (Å²) in [7, 11) is 1.38. The molecule has 1 aliphatic rings. The number of pyridine rings is 1. The average Bonchev–Trinajstić information content (AvgIpc) is 2.72. The lowest BCUT2D eigenvalue weighted by Gasteiger charge is -2.33. The van der Waals surface area contributed by atoms with E-state index in [1.807, 2.05) is 51.2 Å². The Hall–Kier alpha value is -2.89. The van der Waals surface area contributed by atoms with Gasteiger partial charge in [0, 0.05) is 30.7 Å². The summed E-state index contributed by atoms with van der Waals surface area (Å²) in [6, 6.07) is 9.98. The molecule has 0 spiro atoms. The number of methoxy groups -OCH3 is 1. The zero-order valence-corrected chi connectivity index (χ0v) is 18.2. The number of rotatable bonds is 4. The molecule has 1 amide bonds. The first-order valence-electron chi connectivity index (χ1n) is 10.4. The molecule has 1 aliphatic heterocycles. The minimum atomic E-state index is -0.493. The summed E-state index contributed by atoms with van der Waals surface area (Å²) >= 11 is 0. The van der Waals surface area contributed by atoms with Crippen LogP contribution in [0.15, 0.2) is 42.6 Å². The molecule has 6 heteroatoms. The van der Waals surface area contributed by atoms with Crippen LogP contribution in [0.3, 0.4) is 0 Å². The highest BCUT2D eigenvalue weighted by atomic mass is 16.6. The summed E-state index contributed by atoms with van der Waals surface area (Å²) < 4.78 is 10.3. The number of fused-ring (bicyclic) bond motifs is 1. The van der Waals surface area contributed by atoms with Gasteiger partial charge in [0.05, 0.1) is 12.6 Å². The van der Waals surface area contributed by atoms with Gasteiger partial charge in [0.2, 0.25) is 0 Å². The predicted octanol–water partition coefficient (Wildman–Crippen LogP) is 4.83. The Labute approximate surface area is 177 Å². The smallest absolute Gasteiger partial charge is 0.410 e. The van der Waals surface area contributed by atoms with E-state index in [1.54, 1.807) is 11.0 Å². The number of hydrogen-bond donors (Lipinski definition) is 0. The Balaban J connectivity index is 1.71. The molecule has 160 valence electrons. The maximum atomic E-state index is 12.3. The Bertz CT molecular complexity index is 938. The van der Waals surface area contributed by atoms with E-state index in [2.05, 4.69) is 11.1 Å². The first kappa shape index (κ1) is 21.8. The second kappa shape index (κ2) is 9.28. The van der Waals surface area contributed by atoms with Gasteiger partial charge in [-0.05, 0) is 69.2 Å². The normalized spacial score (nSPS) is 15.9. The number of allylic oxidation sites excluding steroid dienone is 1. The molecule has 2 heterocycles. The van der Waals surface area contributed by atoms with Crippen molar-refractivity contribution < 1.29 is 19.1 Å². The topological polar surface area (TPSA) is 68.7 Å². The zero-order chi connectivity index (χ0) is 21.7. The first-order valence-corrected chi connectivity index (χ1v) is 10.4. The van der Waals surface area contributed by atoms with Crippen LogP contribution in [0.5, 0.6) is 0 Å². The van der Waals surface area contributed by atoms with Crippen molar-refractivity contribution in [2.45, 2.75) is 45.6 Å². The quantitative estimate of drug-likeness (QED) is 0.533. The fourth-order valence-corrected chi connectivity index (χ4v) is 3.67. The highest BCUT2D eigenvalue weighted by molar-refractivity contribution is 5.92. The molecule has 0 N–H and O–H groups in total. The molecule has 0 radical (unpaired) electrons. The third kappa shape index (κ3) is 5.81. The molecule has 0 saturated carbocycles. The van der Waals surface area contributed by atoms with Crippen LogP contribution in [0, 0.1) is 5.92 Å². The van der Waals surface area contributed by atoms with Crippen molar-refractivity contribution in [3.8, 4) is 0 Å². The molecule has 0 aliphatic carbocycles. The highest BCUT2D eigenvalue weighted by Gasteiger charge is 2.27. The van der Waals surface area contributed by atoms with Crippen molar-refractivity contribution in [3.05, 3.63) is 48.2 Å². The lowest BCUT2D eigenvalue weighted by molar-refractivity contribution is -0.134. The van der Waals surface area contributed by atoms with Gasteiger partial charge in [-0.2, -0.15) is 0 Å². The van der Waals surface area contributed by atoms with E-state index in [0.29, 0.717) is 19.0 Å². The van der Waals surface area contributed by atoms with E-state index in [9.17, 15) is 9.59 Å². The molecule has 1 saturated heterocycles. The van der Waals surface area contributed by atoms with Crippen LogP contribution in [0.25, 0.3) is 16.5 Å². The summed E-state index contributed by atoms with van der Waals surface area (Å²) in [6.07, 6.45) is 5.57. The molecular weight excluding hydrogens is 380 g/mol. The number of para-hydroxylation sites is 1. The number of aromatic nitrogens is 1. The largest absolute Gasteiger partial charge is 0.466 e. The van der Waals surface area contributed by atoms with Crippen molar-refractivity contribution >= 4 is 28.5 Å². The van der Waals surface area contributed by atoms with Crippen molar-refractivity contribution in [1.29, 1.82) is 0 Å². The van der Waals surface area contributed by atoms with Crippen molar-refractivity contribution in [3.63, 3.8) is 0 Å². The Morgan fingerprint density at radius 1 is 1.20 bits per heavy atom. The molecular formula is C24H30N2O4. The van der Waals surface area contributed by atoms with E-state index in [-0.39, 0.29) is 12.1 Å². The molecule has 0 bridgehead atoms. The molecule has 0 unspecified atom stereocenters. The van der Waals surface area contributed by atoms with Crippen LogP contribution in [-0.2, 0) is 14.3 Å². The average molecular weight is 411 g/mol. The minimum Gasteiger partial charge on any atom is -0.466 e. The number of piperidine rings is 1. The van der Waals surface area contributed by atoms with E-state index < -0.39 is 5.60 Å². The Morgan fingerprint density at radius 3 is 2.57 bits per heavy atom. The molecule has 1 aromatic heterocycles. The van der Waals surface area contributed by atoms with Crippen LogP contribution >= 0.6 is 0 Å². The number of ether oxygens (including phenoxy) is 2. The van der Waals surface area contributed by atoms with Gasteiger partial charge in [0.25, 0.3) is 0 Å². The number of benzene rings is 1. The molecule has 2 aromatic rings. The second-order valence-electron chi connectivity index (χ2n) is 8.72. The molecule has 1 fully saturated rings. The van der Waals surface area contributed by atoms with Crippen LogP contribution in [-0.4, -0.2) is 47.7 Å².